The minimum atomic E-state index is 0.725. The lowest BCUT2D eigenvalue weighted by Crippen LogP contribution is -1.97. The molecule has 0 N–H and O–H groups in total. The molecular formula is C64H38BrN3S3. The van der Waals surface area contributed by atoms with E-state index in [1.54, 1.807) is 0 Å². The van der Waals surface area contributed by atoms with E-state index in [1.807, 2.05) is 34.0 Å². The predicted octanol–water partition coefficient (Wildman–Crippen LogP) is 19.6. The van der Waals surface area contributed by atoms with Gasteiger partial charge in [0.25, 0.3) is 0 Å². The molecule has 3 nitrogen and oxygen atoms in total. The van der Waals surface area contributed by atoms with Gasteiger partial charge in [0.15, 0.2) is 5.82 Å². The third kappa shape index (κ3) is 6.72. The second-order valence-electron chi connectivity index (χ2n) is 18.5. The number of halogens is 1. The van der Waals surface area contributed by atoms with Gasteiger partial charge in [0.2, 0.25) is 0 Å². The van der Waals surface area contributed by atoms with Crippen LogP contribution in [-0.2, 0) is 6.42 Å². The molecule has 1 aliphatic carbocycles. The molecule has 5 heterocycles. The Kier molecular flexibility index (Phi) is 9.46. The van der Waals surface area contributed by atoms with Crippen LogP contribution >= 0.6 is 49.9 Å². The van der Waals surface area contributed by atoms with E-state index in [0.29, 0.717) is 0 Å². The van der Waals surface area contributed by atoms with Crippen molar-refractivity contribution < 1.29 is 0 Å². The molecule has 0 aliphatic heterocycles. The van der Waals surface area contributed by atoms with E-state index in [4.69, 9.17) is 9.97 Å². The number of aromatic nitrogens is 3. The summed E-state index contributed by atoms with van der Waals surface area (Å²) in [6.45, 7) is 0. The highest BCUT2D eigenvalue weighted by Crippen LogP contribution is 2.47. The zero-order chi connectivity index (χ0) is 46.7. The van der Waals surface area contributed by atoms with Crippen LogP contribution in [0.3, 0.4) is 0 Å². The first-order valence-electron chi connectivity index (χ1n) is 23.9. The van der Waals surface area contributed by atoms with Gasteiger partial charge in [0, 0.05) is 83.0 Å². The summed E-state index contributed by atoms with van der Waals surface area (Å²) >= 11 is 9.63. The Hall–Kier alpha value is -7.52. The van der Waals surface area contributed by atoms with Crippen molar-refractivity contribution in [2.75, 3.05) is 0 Å². The van der Waals surface area contributed by atoms with Gasteiger partial charge in [0.1, 0.15) is 0 Å². The topological polar surface area (TPSA) is 30.7 Å². The zero-order valence-corrected chi connectivity index (χ0v) is 42.0. The van der Waals surface area contributed by atoms with E-state index >= 15 is 0 Å². The predicted molar refractivity (Wildman–Crippen MR) is 310 cm³/mol. The Morgan fingerprint density at radius 3 is 1.93 bits per heavy atom. The first-order chi connectivity index (χ1) is 35.1. The fourth-order valence-electron chi connectivity index (χ4n) is 10.9. The van der Waals surface area contributed by atoms with Gasteiger partial charge in [-0.15, -0.1) is 34.0 Å². The first-order valence-corrected chi connectivity index (χ1v) is 27.2. The molecule has 0 spiro atoms. The fourth-order valence-corrected chi connectivity index (χ4v) is 15.2. The Labute approximate surface area is 429 Å². The summed E-state index contributed by atoms with van der Waals surface area (Å²) in [4.78, 5) is 13.3. The van der Waals surface area contributed by atoms with Gasteiger partial charge in [-0.3, -0.25) is 0 Å². The standard InChI is InChI=1S/C64H38BrN3S3/c65-62-52-33-40(23-29-61(52)71-63(62)48-16-9-11-37-10-1-2-12-44(37)48)39-22-28-56-49(32-39)45-13-3-6-17-55(45)68(56)43-26-20-38(21-27-43)53-36-54(41-24-30-59-50(34-41)46-14-4-7-18-57(46)69-59)67-64(66-53)42-25-31-60-51(35-42)47-15-5-8-19-58(47)70-60/h1-3,5-13,15-36H,4,14H2. The average Bonchev–Trinajstić information content (AvgIpc) is 4.18. The Balaban J connectivity index is 0.823. The number of hydrogen-bond donors (Lipinski definition) is 0. The highest BCUT2D eigenvalue weighted by atomic mass is 79.9. The smallest absolute Gasteiger partial charge is 0.160 e. The number of benzene rings is 9. The molecule has 71 heavy (non-hydrogen) atoms. The van der Waals surface area contributed by atoms with Crippen molar-refractivity contribution in [3.05, 3.63) is 215 Å². The maximum atomic E-state index is 5.35. The maximum absolute atomic E-state index is 5.35. The van der Waals surface area contributed by atoms with E-state index in [2.05, 4.69) is 227 Å². The molecule has 14 aromatic rings. The van der Waals surface area contributed by atoms with Crippen LogP contribution in [0.5, 0.6) is 0 Å². The van der Waals surface area contributed by atoms with E-state index in [1.165, 1.54) is 105 Å². The third-order valence-electron chi connectivity index (χ3n) is 14.4. The number of allylic oxidation sites excluding steroid dienone is 1. The number of hydrogen-bond acceptors (Lipinski definition) is 5. The van der Waals surface area contributed by atoms with Gasteiger partial charge >= 0.3 is 0 Å². The van der Waals surface area contributed by atoms with Crippen LogP contribution in [0, 0.1) is 0 Å². The number of nitrogens with zero attached hydrogens (tertiary/aromatic N) is 3. The minimum absolute atomic E-state index is 0.725. The molecule has 5 aromatic heterocycles. The molecule has 0 saturated carbocycles. The van der Waals surface area contributed by atoms with E-state index in [-0.39, 0.29) is 0 Å². The lowest BCUT2D eigenvalue weighted by atomic mass is 9.99. The van der Waals surface area contributed by atoms with Gasteiger partial charge in [-0.25, -0.2) is 9.97 Å². The van der Waals surface area contributed by atoms with Crippen molar-refractivity contribution in [3.8, 4) is 61.2 Å². The second-order valence-corrected chi connectivity index (χ2v) is 22.5. The van der Waals surface area contributed by atoms with Crippen molar-refractivity contribution in [2.24, 2.45) is 0 Å². The summed E-state index contributed by atoms with van der Waals surface area (Å²) in [6.07, 6.45) is 6.74. The van der Waals surface area contributed by atoms with Crippen LogP contribution in [0.15, 0.2) is 205 Å². The molecular weight excluding hydrogens is 987 g/mol. The van der Waals surface area contributed by atoms with Gasteiger partial charge in [0.05, 0.1) is 27.3 Å². The van der Waals surface area contributed by atoms with Crippen LogP contribution in [-0.4, -0.2) is 14.5 Å². The summed E-state index contributed by atoms with van der Waals surface area (Å²) in [7, 11) is 0. The van der Waals surface area contributed by atoms with Crippen LogP contribution in [0.4, 0.5) is 0 Å². The molecule has 0 unspecified atom stereocenters. The Bertz CT molecular complexity index is 4540. The second kappa shape index (κ2) is 16.3. The number of thiophene rings is 3. The Morgan fingerprint density at radius 1 is 0.437 bits per heavy atom. The average molecular weight is 1030 g/mol. The summed E-state index contributed by atoms with van der Waals surface area (Å²) in [5.74, 6) is 0.725. The summed E-state index contributed by atoms with van der Waals surface area (Å²) in [5.41, 5.74) is 13.5. The quantitative estimate of drug-likeness (QED) is 0.166. The van der Waals surface area contributed by atoms with Crippen LogP contribution in [0.2, 0.25) is 0 Å². The number of fused-ring (bicyclic) bond motifs is 11. The van der Waals surface area contributed by atoms with Crippen molar-refractivity contribution in [3.63, 3.8) is 0 Å². The molecule has 0 fully saturated rings. The molecule has 0 saturated heterocycles. The minimum Gasteiger partial charge on any atom is -0.309 e. The highest BCUT2D eigenvalue weighted by Gasteiger charge is 2.20. The molecule has 0 atom stereocenters. The summed E-state index contributed by atoms with van der Waals surface area (Å²) in [6, 6.07) is 71.2. The molecule has 9 aromatic carbocycles. The largest absolute Gasteiger partial charge is 0.309 e. The van der Waals surface area contributed by atoms with Crippen molar-refractivity contribution >= 4 is 129 Å². The number of rotatable bonds is 6. The zero-order valence-electron chi connectivity index (χ0n) is 38.0. The fraction of sp³-hybridized carbons (Fsp3) is 0.0312. The molecule has 0 amide bonds. The van der Waals surface area contributed by atoms with E-state index < -0.39 is 0 Å². The monoisotopic (exact) mass is 1020 g/mol. The van der Waals surface area contributed by atoms with Gasteiger partial charge < -0.3 is 4.57 Å². The van der Waals surface area contributed by atoms with Gasteiger partial charge in [-0.05, 0) is 153 Å². The summed E-state index contributed by atoms with van der Waals surface area (Å²) < 4.78 is 8.70. The van der Waals surface area contributed by atoms with Crippen LogP contribution in [0.1, 0.15) is 16.9 Å². The molecule has 334 valence electrons. The highest BCUT2D eigenvalue weighted by molar-refractivity contribution is 9.10. The lowest BCUT2D eigenvalue weighted by Gasteiger charge is -2.12. The SMILES string of the molecule is Brc1c(-c2cccc3ccccc23)sc2ccc(-c3ccc4c(c3)c3ccccc3n4-c3ccc(-c4cc(-c5ccc6sc7c(c6c5)CCC=C7)nc(-c5ccc6sc7ccccc7c6c5)n4)cc3)cc12. The third-order valence-corrected chi connectivity index (χ3v) is 19.0. The summed E-state index contributed by atoms with van der Waals surface area (Å²) in [5, 5.41) is 10.1. The lowest BCUT2D eigenvalue weighted by molar-refractivity contribution is 1.01. The van der Waals surface area contributed by atoms with Crippen molar-refractivity contribution in [2.45, 2.75) is 12.8 Å². The first kappa shape index (κ1) is 41.3. The van der Waals surface area contributed by atoms with E-state index in [0.717, 1.165) is 56.9 Å². The van der Waals surface area contributed by atoms with Crippen LogP contribution in [0.25, 0.3) is 140 Å². The number of para-hydroxylation sites is 1. The maximum Gasteiger partial charge on any atom is 0.160 e. The van der Waals surface area contributed by atoms with Gasteiger partial charge in [-0.2, -0.15) is 0 Å². The van der Waals surface area contributed by atoms with Gasteiger partial charge in [-0.1, -0.05) is 115 Å². The number of aryl methyl sites for hydroxylation is 1. The van der Waals surface area contributed by atoms with Crippen LogP contribution < -0.4 is 0 Å². The normalized spacial score (nSPS) is 12.7. The van der Waals surface area contributed by atoms with Crippen molar-refractivity contribution in [1.82, 2.24) is 14.5 Å². The van der Waals surface area contributed by atoms with E-state index in [9.17, 15) is 0 Å². The van der Waals surface area contributed by atoms with Crippen molar-refractivity contribution in [1.29, 1.82) is 0 Å². The molecule has 7 heteroatoms. The molecule has 0 bridgehead atoms. The molecule has 1 aliphatic rings. The molecule has 0 radical (unpaired) electrons. The molecule has 15 rings (SSSR count). The Morgan fingerprint density at radius 2 is 1.06 bits per heavy atom.